The van der Waals surface area contributed by atoms with E-state index in [0.29, 0.717) is 19.4 Å². The van der Waals surface area contributed by atoms with Gasteiger partial charge in [-0.1, -0.05) is 30.3 Å². The summed E-state index contributed by atoms with van der Waals surface area (Å²) in [5.41, 5.74) is 2.76. The van der Waals surface area contributed by atoms with Crippen LogP contribution >= 0.6 is 0 Å². The number of aromatic nitrogens is 2. The summed E-state index contributed by atoms with van der Waals surface area (Å²) >= 11 is 0. The molecule has 5 heteroatoms. The zero-order chi connectivity index (χ0) is 16.6. The molecule has 0 fully saturated rings. The fraction of sp³-hybridized carbons (Fsp3) is 0.158. The predicted octanol–water partition coefficient (Wildman–Crippen LogP) is 3.87. The predicted molar refractivity (Wildman–Crippen MR) is 93.8 cm³/mol. The number of hydrogen-bond acceptors (Lipinski definition) is 3. The lowest BCUT2D eigenvalue weighted by Gasteiger charge is -2.07. The van der Waals surface area contributed by atoms with E-state index in [0.717, 1.165) is 22.7 Å². The molecule has 0 aliphatic rings. The highest BCUT2D eigenvalue weighted by Crippen LogP contribution is 2.19. The van der Waals surface area contributed by atoms with Gasteiger partial charge in [0.2, 0.25) is 5.91 Å². The second kappa shape index (κ2) is 7.97. The number of hydrogen-bond donors (Lipinski definition) is 2. The van der Waals surface area contributed by atoms with Gasteiger partial charge in [0.15, 0.2) is 0 Å². The molecular formula is C19H19N3O2. The molecule has 1 amide bonds. The van der Waals surface area contributed by atoms with E-state index in [9.17, 15) is 4.79 Å². The average Bonchev–Trinajstić information content (AvgIpc) is 3.15. The molecule has 24 heavy (non-hydrogen) atoms. The first-order valence-corrected chi connectivity index (χ1v) is 7.89. The lowest BCUT2D eigenvalue weighted by Crippen LogP contribution is -2.12. The number of aromatic amines is 1. The van der Waals surface area contributed by atoms with Crippen molar-refractivity contribution in [3.8, 4) is 17.0 Å². The Bertz CT molecular complexity index is 753. The van der Waals surface area contributed by atoms with Crippen molar-refractivity contribution >= 4 is 11.6 Å². The second-order valence-corrected chi connectivity index (χ2v) is 5.36. The van der Waals surface area contributed by atoms with Gasteiger partial charge in [-0.25, -0.2) is 0 Å². The van der Waals surface area contributed by atoms with Gasteiger partial charge in [-0.3, -0.25) is 9.89 Å². The number of benzene rings is 2. The van der Waals surface area contributed by atoms with Gasteiger partial charge in [0, 0.05) is 18.3 Å². The number of para-hydroxylation sites is 1. The summed E-state index contributed by atoms with van der Waals surface area (Å²) in [6, 6.07) is 19.2. The van der Waals surface area contributed by atoms with Crippen LogP contribution in [-0.4, -0.2) is 22.7 Å². The quantitative estimate of drug-likeness (QED) is 0.649. The van der Waals surface area contributed by atoms with Crippen molar-refractivity contribution in [2.75, 3.05) is 11.9 Å². The normalized spacial score (nSPS) is 10.3. The molecule has 0 unspecified atom stereocenters. The molecular weight excluding hydrogens is 302 g/mol. The Morgan fingerprint density at radius 1 is 1.04 bits per heavy atom. The molecule has 0 aliphatic heterocycles. The molecule has 2 N–H and O–H groups in total. The van der Waals surface area contributed by atoms with Crippen LogP contribution in [-0.2, 0) is 4.79 Å². The van der Waals surface area contributed by atoms with E-state index in [1.54, 1.807) is 6.20 Å². The maximum Gasteiger partial charge on any atom is 0.224 e. The SMILES string of the molecule is O=C(CCCOc1ccccc1)Nc1ccc(-c2ccn[nH]2)cc1. The van der Waals surface area contributed by atoms with Gasteiger partial charge in [0.25, 0.3) is 0 Å². The summed E-state index contributed by atoms with van der Waals surface area (Å²) in [6.07, 6.45) is 2.81. The summed E-state index contributed by atoms with van der Waals surface area (Å²) in [4.78, 5) is 12.0. The summed E-state index contributed by atoms with van der Waals surface area (Å²) in [6.45, 7) is 0.524. The summed E-state index contributed by atoms with van der Waals surface area (Å²) in [5, 5.41) is 9.73. The molecule has 122 valence electrons. The maximum absolute atomic E-state index is 12.0. The van der Waals surface area contributed by atoms with Crippen molar-refractivity contribution in [1.29, 1.82) is 0 Å². The van der Waals surface area contributed by atoms with Crippen molar-refractivity contribution in [2.24, 2.45) is 0 Å². The van der Waals surface area contributed by atoms with Crippen LogP contribution < -0.4 is 10.1 Å². The largest absolute Gasteiger partial charge is 0.494 e. The Kier molecular flexibility index (Phi) is 5.24. The summed E-state index contributed by atoms with van der Waals surface area (Å²) in [7, 11) is 0. The summed E-state index contributed by atoms with van der Waals surface area (Å²) < 4.78 is 5.57. The van der Waals surface area contributed by atoms with Crippen molar-refractivity contribution < 1.29 is 9.53 Å². The van der Waals surface area contributed by atoms with E-state index < -0.39 is 0 Å². The third-order valence-corrected chi connectivity index (χ3v) is 3.54. The number of carbonyl (C=O) groups excluding carboxylic acids is 1. The van der Waals surface area contributed by atoms with Crippen molar-refractivity contribution in [1.82, 2.24) is 10.2 Å². The van der Waals surface area contributed by atoms with Crippen LogP contribution in [0.3, 0.4) is 0 Å². The number of rotatable bonds is 7. The lowest BCUT2D eigenvalue weighted by molar-refractivity contribution is -0.116. The third-order valence-electron chi connectivity index (χ3n) is 3.54. The number of ether oxygens (including phenoxy) is 1. The molecule has 1 aromatic heterocycles. The molecule has 0 saturated carbocycles. The highest BCUT2D eigenvalue weighted by molar-refractivity contribution is 5.90. The molecule has 1 heterocycles. The van der Waals surface area contributed by atoms with Gasteiger partial charge < -0.3 is 10.1 Å². The van der Waals surface area contributed by atoms with Gasteiger partial charge in [0.1, 0.15) is 5.75 Å². The Hall–Kier alpha value is -3.08. The number of amides is 1. The number of nitrogens with one attached hydrogen (secondary N) is 2. The highest BCUT2D eigenvalue weighted by atomic mass is 16.5. The Labute approximate surface area is 140 Å². The maximum atomic E-state index is 12.0. The van der Waals surface area contributed by atoms with E-state index in [1.165, 1.54) is 0 Å². The lowest BCUT2D eigenvalue weighted by atomic mass is 10.1. The number of anilines is 1. The second-order valence-electron chi connectivity index (χ2n) is 5.36. The van der Waals surface area contributed by atoms with E-state index >= 15 is 0 Å². The molecule has 0 saturated heterocycles. The van der Waals surface area contributed by atoms with Gasteiger partial charge in [-0.05, 0) is 42.3 Å². The zero-order valence-electron chi connectivity index (χ0n) is 13.2. The fourth-order valence-corrected chi connectivity index (χ4v) is 2.31. The molecule has 3 aromatic rings. The van der Waals surface area contributed by atoms with E-state index in [1.807, 2.05) is 60.7 Å². The van der Waals surface area contributed by atoms with Crippen LogP contribution in [0, 0.1) is 0 Å². The van der Waals surface area contributed by atoms with E-state index in [-0.39, 0.29) is 5.91 Å². The monoisotopic (exact) mass is 321 g/mol. The van der Waals surface area contributed by atoms with Crippen LogP contribution in [0.15, 0.2) is 66.9 Å². The first-order valence-electron chi connectivity index (χ1n) is 7.89. The van der Waals surface area contributed by atoms with Crippen molar-refractivity contribution in [3.63, 3.8) is 0 Å². The molecule has 0 atom stereocenters. The van der Waals surface area contributed by atoms with Crippen LogP contribution in [0.5, 0.6) is 5.75 Å². The minimum atomic E-state index is -0.0130. The van der Waals surface area contributed by atoms with Crippen LogP contribution in [0.2, 0.25) is 0 Å². The average molecular weight is 321 g/mol. The molecule has 0 bridgehead atoms. The van der Waals surface area contributed by atoms with Gasteiger partial charge in [-0.2, -0.15) is 5.10 Å². The molecule has 5 nitrogen and oxygen atoms in total. The zero-order valence-corrected chi connectivity index (χ0v) is 13.2. The topological polar surface area (TPSA) is 67.0 Å². The van der Waals surface area contributed by atoms with Gasteiger partial charge in [0.05, 0.1) is 12.3 Å². The third kappa shape index (κ3) is 4.46. The highest BCUT2D eigenvalue weighted by Gasteiger charge is 2.04. The molecule has 0 spiro atoms. The molecule has 3 rings (SSSR count). The first-order chi connectivity index (χ1) is 11.8. The van der Waals surface area contributed by atoms with Crippen LogP contribution in [0.1, 0.15) is 12.8 Å². The number of carbonyl (C=O) groups is 1. The van der Waals surface area contributed by atoms with Gasteiger partial charge in [-0.15, -0.1) is 0 Å². The first kappa shape index (κ1) is 15.8. The van der Waals surface area contributed by atoms with Crippen molar-refractivity contribution in [3.05, 3.63) is 66.9 Å². The standard InChI is InChI=1S/C19H19N3O2/c23-19(7-4-14-24-17-5-2-1-3-6-17)21-16-10-8-15(9-11-16)18-12-13-20-22-18/h1-3,5-6,8-13H,4,7,14H2,(H,20,22)(H,21,23). The molecule has 0 aliphatic carbocycles. The molecule has 0 radical (unpaired) electrons. The Morgan fingerprint density at radius 2 is 1.83 bits per heavy atom. The van der Waals surface area contributed by atoms with Crippen molar-refractivity contribution in [2.45, 2.75) is 12.8 Å². The van der Waals surface area contributed by atoms with E-state index in [4.69, 9.17) is 4.74 Å². The number of H-pyrrole nitrogens is 1. The fourth-order valence-electron chi connectivity index (χ4n) is 2.31. The Morgan fingerprint density at radius 3 is 2.54 bits per heavy atom. The Balaban J connectivity index is 1.42. The summed E-state index contributed by atoms with van der Waals surface area (Å²) in [5.74, 6) is 0.813. The smallest absolute Gasteiger partial charge is 0.224 e. The van der Waals surface area contributed by atoms with Gasteiger partial charge >= 0.3 is 0 Å². The van der Waals surface area contributed by atoms with Crippen LogP contribution in [0.25, 0.3) is 11.3 Å². The molecule has 2 aromatic carbocycles. The van der Waals surface area contributed by atoms with E-state index in [2.05, 4.69) is 15.5 Å². The van der Waals surface area contributed by atoms with Crippen LogP contribution in [0.4, 0.5) is 5.69 Å². The minimum Gasteiger partial charge on any atom is -0.494 e. The number of nitrogens with zero attached hydrogens (tertiary/aromatic N) is 1. The minimum absolute atomic E-state index is 0.0130.